The number of amides is 2. The maximum Gasteiger partial charge on any atom is 0.306 e. The van der Waals surface area contributed by atoms with Crippen LogP contribution in [-0.4, -0.2) is 27.9 Å². The van der Waals surface area contributed by atoms with Gasteiger partial charge in [0.1, 0.15) is 0 Å². The number of unbranched alkanes of at least 4 members (excludes halogenated alkanes) is 2. The maximum absolute atomic E-state index is 12.5. The van der Waals surface area contributed by atoms with Crippen LogP contribution in [0, 0.1) is 19.8 Å². The number of benzene rings is 1. The molecule has 1 atom stereocenters. The number of aliphatic carboxylic acids is 1. The average molecular weight is 424 g/mol. The summed E-state index contributed by atoms with van der Waals surface area (Å²) in [5.41, 5.74) is 5.67. The molecule has 1 aromatic heterocycles. The molecule has 0 aliphatic carbocycles. The predicted molar refractivity (Wildman–Crippen MR) is 122 cm³/mol. The number of nitrogens with one attached hydrogen (secondary N) is 3. The summed E-state index contributed by atoms with van der Waals surface area (Å²) in [6, 6.07) is 7.41. The van der Waals surface area contributed by atoms with Gasteiger partial charge in [0.2, 0.25) is 5.91 Å². The summed E-state index contributed by atoms with van der Waals surface area (Å²) in [5.74, 6) is -1.39. The third kappa shape index (κ3) is 5.63. The second kappa shape index (κ2) is 9.64. The van der Waals surface area contributed by atoms with Gasteiger partial charge in [0, 0.05) is 34.7 Å². The first kappa shape index (κ1) is 22.3. The van der Waals surface area contributed by atoms with E-state index in [0.29, 0.717) is 30.5 Å². The van der Waals surface area contributed by atoms with Crippen LogP contribution in [0.1, 0.15) is 61.5 Å². The van der Waals surface area contributed by atoms with Crippen molar-refractivity contribution in [2.45, 2.75) is 52.9 Å². The number of anilines is 2. The lowest BCUT2D eigenvalue weighted by Gasteiger charge is -2.08. The molecule has 7 heteroatoms. The van der Waals surface area contributed by atoms with E-state index in [2.05, 4.69) is 15.6 Å². The molecule has 1 unspecified atom stereocenters. The number of hydrogen-bond acceptors (Lipinski definition) is 3. The van der Waals surface area contributed by atoms with Crippen LogP contribution < -0.4 is 10.6 Å². The van der Waals surface area contributed by atoms with Crippen LogP contribution >= 0.6 is 0 Å². The molecule has 164 valence electrons. The van der Waals surface area contributed by atoms with Gasteiger partial charge in [0.15, 0.2) is 0 Å². The lowest BCUT2D eigenvalue weighted by atomic mass is 10.0. The van der Waals surface area contributed by atoms with Crippen LogP contribution in [-0.2, 0) is 14.4 Å². The molecule has 0 saturated heterocycles. The second-order valence-electron chi connectivity index (χ2n) is 8.21. The molecular weight excluding hydrogens is 394 g/mol. The Morgan fingerprint density at radius 2 is 1.94 bits per heavy atom. The Bertz CT molecular complexity index is 1040. The van der Waals surface area contributed by atoms with E-state index in [0.717, 1.165) is 41.0 Å². The Labute approximate surface area is 181 Å². The number of rotatable bonds is 9. The van der Waals surface area contributed by atoms with E-state index in [4.69, 9.17) is 5.11 Å². The van der Waals surface area contributed by atoms with Gasteiger partial charge in [-0.2, -0.15) is 0 Å². The topological polar surface area (TPSA) is 111 Å². The number of aromatic amines is 1. The number of carbonyl (C=O) groups excluding carboxylic acids is 2. The Hall–Kier alpha value is -3.35. The zero-order chi connectivity index (χ0) is 22.5. The molecule has 0 spiro atoms. The summed E-state index contributed by atoms with van der Waals surface area (Å²) < 4.78 is 0. The van der Waals surface area contributed by atoms with E-state index in [-0.39, 0.29) is 17.7 Å². The maximum atomic E-state index is 12.5. The van der Waals surface area contributed by atoms with Crippen molar-refractivity contribution in [2.24, 2.45) is 5.92 Å². The number of aromatic nitrogens is 1. The number of carboxylic acids is 1. The minimum Gasteiger partial charge on any atom is -0.481 e. The Morgan fingerprint density at radius 1 is 1.16 bits per heavy atom. The van der Waals surface area contributed by atoms with Crippen molar-refractivity contribution < 1.29 is 19.5 Å². The van der Waals surface area contributed by atoms with Crippen molar-refractivity contribution in [3.8, 4) is 0 Å². The standard InChI is InChI=1S/C24H29N3O4/c1-14(24(30)31)7-5-4-6-8-22(28)26-17-9-10-20-18(12-17)19(23(29)27-20)13-21-15(2)11-16(3)25-21/h9-14,25H,4-8H2,1-3H3,(H,26,28)(H,27,29)(H,30,31). The summed E-state index contributed by atoms with van der Waals surface area (Å²) in [6.07, 6.45) is 5.15. The molecule has 2 amide bonds. The van der Waals surface area contributed by atoms with Crippen molar-refractivity contribution in [1.82, 2.24) is 4.98 Å². The minimum atomic E-state index is -0.780. The molecule has 4 N–H and O–H groups in total. The van der Waals surface area contributed by atoms with Gasteiger partial charge in [-0.1, -0.05) is 19.8 Å². The van der Waals surface area contributed by atoms with Crippen LogP contribution in [0.2, 0.25) is 0 Å². The van der Waals surface area contributed by atoms with Crippen molar-refractivity contribution in [1.29, 1.82) is 0 Å². The molecule has 2 heterocycles. The SMILES string of the molecule is Cc1cc(C)c(C=C2C(=O)Nc3ccc(NC(=O)CCCCCC(C)C(=O)O)cc32)[nH]1. The highest BCUT2D eigenvalue weighted by molar-refractivity contribution is 6.35. The summed E-state index contributed by atoms with van der Waals surface area (Å²) in [5, 5.41) is 14.7. The third-order valence-corrected chi connectivity index (χ3v) is 5.53. The van der Waals surface area contributed by atoms with Gasteiger partial charge < -0.3 is 20.7 Å². The van der Waals surface area contributed by atoms with Gasteiger partial charge in [-0.25, -0.2) is 0 Å². The molecule has 0 saturated carbocycles. The smallest absolute Gasteiger partial charge is 0.306 e. The predicted octanol–water partition coefficient (Wildman–Crippen LogP) is 4.73. The fraction of sp³-hybridized carbons (Fsp3) is 0.375. The molecule has 0 fully saturated rings. The molecule has 1 aliphatic heterocycles. The summed E-state index contributed by atoms with van der Waals surface area (Å²) in [7, 11) is 0. The van der Waals surface area contributed by atoms with Gasteiger partial charge in [0.05, 0.1) is 11.5 Å². The number of aryl methyl sites for hydroxylation is 2. The van der Waals surface area contributed by atoms with Crippen molar-refractivity contribution in [2.75, 3.05) is 10.6 Å². The molecule has 31 heavy (non-hydrogen) atoms. The van der Waals surface area contributed by atoms with Crippen molar-refractivity contribution in [3.63, 3.8) is 0 Å². The van der Waals surface area contributed by atoms with Gasteiger partial charge >= 0.3 is 5.97 Å². The van der Waals surface area contributed by atoms with Crippen molar-refractivity contribution >= 4 is 40.8 Å². The first-order chi connectivity index (χ1) is 14.7. The summed E-state index contributed by atoms with van der Waals surface area (Å²) in [6.45, 7) is 5.66. The zero-order valence-corrected chi connectivity index (χ0v) is 18.2. The molecule has 1 aromatic carbocycles. The normalized spacial score (nSPS) is 14.9. The quantitative estimate of drug-likeness (QED) is 0.345. The van der Waals surface area contributed by atoms with Crippen molar-refractivity contribution in [3.05, 3.63) is 46.8 Å². The highest BCUT2D eigenvalue weighted by Crippen LogP contribution is 2.35. The number of fused-ring (bicyclic) bond motifs is 1. The van der Waals surface area contributed by atoms with E-state index < -0.39 is 5.97 Å². The third-order valence-electron chi connectivity index (χ3n) is 5.53. The minimum absolute atomic E-state index is 0.0927. The number of hydrogen-bond donors (Lipinski definition) is 4. The highest BCUT2D eigenvalue weighted by atomic mass is 16.4. The lowest BCUT2D eigenvalue weighted by molar-refractivity contribution is -0.141. The van der Waals surface area contributed by atoms with Crippen LogP contribution in [0.5, 0.6) is 0 Å². The summed E-state index contributed by atoms with van der Waals surface area (Å²) in [4.78, 5) is 38.8. The zero-order valence-electron chi connectivity index (χ0n) is 18.2. The number of carboxylic acid groups (broad SMARTS) is 1. The Morgan fingerprint density at radius 3 is 2.61 bits per heavy atom. The highest BCUT2D eigenvalue weighted by Gasteiger charge is 2.25. The van der Waals surface area contributed by atoms with Crippen LogP contribution in [0.15, 0.2) is 24.3 Å². The fourth-order valence-electron chi connectivity index (χ4n) is 3.71. The van der Waals surface area contributed by atoms with Crippen LogP contribution in [0.4, 0.5) is 11.4 Å². The fourth-order valence-corrected chi connectivity index (χ4v) is 3.71. The summed E-state index contributed by atoms with van der Waals surface area (Å²) >= 11 is 0. The molecule has 0 bridgehead atoms. The second-order valence-corrected chi connectivity index (χ2v) is 8.21. The molecule has 2 aromatic rings. The molecule has 7 nitrogen and oxygen atoms in total. The Balaban J connectivity index is 1.60. The molecule has 1 aliphatic rings. The molecule has 3 rings (SSSR count). The number of H-pyrrole nitrogens is 1. The van der Waals surface area contributed by atoms with Gasteiger partial charge in [-0.15, -0.1) is 0 Å². The van der Waals surface area contributed by atoms with Gasteiger partial charge in [0.25, 0.3) is 5.91 Å². The Kier molecular flexibility index (Phi) is 6.95. The van der Waals surface area contributed by atoms with E-state index >= 15 is 0 Å². The van der Waals surface area contributed by atoms with Gasteiger partial charge in [-0.3, -0.25) is 14.4 Å². The van der Waals surface area contributed by atoms with Gasteiger partial charge in [-0.05, 0) is 62.6 Å². The monoisotopic (exact) mass is 423 g/mol. The molecule has 0 radical (unpaired) electrons. The van der Waals surface area contributed by atoms with E-state index in [1.807, 2.05) is 32.1 Å². The van der Waals surface area contributed by atoms with E-state index in [9.17, 15) is 14.4 Å². The van der Waals surface area contributed by atoms with Crippen LogP contribution in [0.25, 0.3) is 11.6 Å². The molecular formula is C24H29N3O4. The largest absolute Gasteiger partial charge is 0.481 e. The van der Waals surface area contributed by atoms with E-state index in [1.165, 1.54) is 0 Å². The first-order valence-electron chi connectivity index (χ1n) is 10.6. The number of carbonyl (C=O) groups is 3. The van der Waals surface area contributed by atoms with Crippen LogP contribution in [0.3, 0.4) is 0 Å². The lowest BCUT2D eigenvalue weighted by Crippen LogP contribution is -2.11. The van der Waals surface area contributed by atoms with E-state index in [1.54, 1.807) is 19.1 Å². The average Bonchev–Trinajstić information content (AvgIpc) is 3.19. The first-order valence-corrected chi connectivity index (χ1v) is 10.6.